The Morgan fingerprint density at radius 1 is 0.897 bits per heavy atom. The molecule has 0 unspecified atom stereocenters. The van der Waals surface area contributed by atoms with Crippen LogP contribution >= 0.6 is 0 Å². The number of hydrogen-bond acceptors (Lipinski definition) is 1. The van der Waals surface area contributed by atoms with E-state index in [1.807, 2.05) is 0 Å². The molecule has 0 atom stereocenters. The first-order valence-corrected chi connectivity index (χ1v) is 11.1. The van der Waals surface area contributed by atoms with Crippen LogP contribution in [0.5, 0.6) is 0 Å². The lowest BCUT2D eigenvalue weighted by Gasteiger charge is -2.41. The molecule has 0 saturated carbocycles. The van der Waals surface area contributed by atoms with Gasteiger partial charge in [0.05, 0.1) is 37.7 Å². The molecule has 29 heavy (non-hydrogen) atoms. The molecular weight excluding hydrogens is 420 g/mol. The predicted molar refractivity (Wildman–Crippen MR) is 115 cm³/mol. The first kappa shape index (κ1) is 22.1. The van der Waals surface area contributed by atoms with Gasteiger partial charge in [-0.05, 0) is 24.0 Å². The van der Waals surface area contributed by atoms with Gasteiger partial charge in [-0.1, -0.05) is 80.4 Å². The summed E-state index contributed by atoms with van der Waals surface area (Å²) in [6.07, 6.45) is 7.66. The van der Waals surface area contributed by atoms with Gasteiger partial charge in [-0.2, -0.15) is 5.26 Å². The number of halogens is 1. The van der Waals surface area contributed by atoms with Gasteiger partial charge in [0.1, 0.15) is 5.41 Å². The van der Waals surface area contributed by atoms with Gasteiger partial charge in [0.2, 0.25) is 0 Å². The van der Waals surface area contributed by atoms with Crippen LogP contribution in [0.3, 0.4) is 0 Å². The van der Waals surface area contributed by atoms with Gasteiger partial charge >= 0.3 is 0 Å². The third-order valence-electron chi connectivity index (χ3n) is 7.63. The summed E-state index contributed by atoms with van der Waals surface area (Å²) in [5, 5.41) is 10.7. The summed E-state index contributed by atoms with van der Waals surface area (Å²) in [7, 11) is 0. The molecule has 4 rings (SSSR count). The minimum Gasteiger partial charge on any atom is -1.00 e. The maximum Gasteiger partial charge on any atom is 0.118 e. The third kappa shape index (κ3) is 3.66. The Balaban J connectivity index is 0.00000240. The number of quaternary nitrogens is 1. The minimum absolute atomic E-state index is 0. The van der Waals surface area contributed by atoms with Crippen LogP contribution in [0.15, 0.2) is 60.7 Å². The summed E-state index contributed by atoms with van der Waals surface area (Å²) in [6, 6.07) is 24.1. The van der Waals surface area contributed by atoms with Gasteiger partial charge in [0.15, 0.2) is 0 Å². The number of piperidine rings is 1. The molecule has 2 heterocycles. The first-order chi connectivity index (χ1) is 13.7. The molecule has 2 fully saturated rings. The van der Waals surface area contributed by atoms with Gasteiger partial charge in [0, 0.05) is 12.8 Å². The lowest BCUT2D eigenvalue weighted by molar-refractivity contribution is -0.909. The van der Waals surface area contributed by atoms with Crippen LogP contribution in [-0.4, -0.2) is 30.7 Å². The molecule has 2 bridgehead atoms. The van der Waals surface area contributed by atoms with Gasteiger partial charge in [-0.15, -0.1) is 0 Å². The fourth-order valence-corrected chi connectivity index (χ4v) is 6.17. The molecule has 3 heteroatoms. The number of nitrogens with zero attached hydrogens (tertiary/aromatic N) is 2. The van der Waals surface area contributed by atoms with E-state index in [1.54, 1.807) is 0 Å². The zero-order valence-electron chi connectivity index (χ0n) is 17.6. The lowest BCUT2D eigenvalue weighted by Crippen LogP contribution is -3.00. The minimum atomic E-state index is -0.546. The number of benzene rings is 2. The number of rotatable bonds is 8. The van der Waals surface area contributed by atoms with Crippen molar-refractivity contribution in [1.82, 2.24) is 0 Å². The van der Waals surface area contributed by atoms with Crippen molar-refractivity contribution in [2.45, 2.75) is 50.9 Å². The molecule has 2 nitrogen and oxygen atoms in total. The molecule has 2 aliphatic rings. The molecular formula is C26H33BrN2. The molecule has 154 valence electrons. The fourth-order valence-electron chi connectivity index (χ4n) is 6.17. The standard InChI is InChI=1S/C26H33N2.BrH/c1-2-3-4-11-18-28-19-16-25(22-28,17-20-28)26(21-27,23-12-7-5-8-13-23)24-14-9-6-10-15-24;/h5-10,12-15H,2-4,11,16-20,22H2,1H3;1H/q+1;/p-1. The van der Waals surface area contributed by atoms with Crippen LogP contribution in [-0.2, 0) is 5.41 Å². The molecule has 0 radical (unpaired) electrons. The van der Waals surface area contributed by atoms with E-state index in [0.29, 0.717) is 0 Å². The normalized spacial score (nSPS) is 25.4. The van der Waals surface area contributed by atoms with Crippen molar-refractivity contribution in [2.75, 3.05) is 26.2 Å². The summed E-state index contributed by atoms with van der Waals surface area (Å²) in [5.74, 6) is 0. The summed E-state index contributed by atoms with van der Waals surface area (Å²) in [6.45, 7) is 7.23. The second-order valence-electron chi connectivity index (χ2n) is 9.11. The summed E-state index contributed by atoms with van der Waals surface area (Å²) < 4.78 is 1.24. The van der Waals surface area contributed by atoms with Crippen molar-refractivity contribution in [3.8, 4) is 6.07 Å². The average Bonchev–Trinajstić information content (AvgIpc) is 3.32. The van der Waals surface area contributed by atoms with Crippen molar-refractivity contribution in [1.29, 1.82) is 5.26 Å². The van der Waals surface area contributed by atoms with Crippen molar-refractivity contribution in [3.63, 3.8) is 0 Å². The Kier molecular flexibility index (Phi) is 6.87. The number of fused-ring (bicyclic) bond motifs is 2. The highest BCUT2D eigenvalue weighted by Gasteiger charge is 2.66. The van der Waals surface area contributed by atoms with Gasteiger partial charge < -0.3 is 21.5 Å². The second-order valence-corrected chi connectivity index (χ2v) is 9.11. The SMILES string of the molecule is CCCCCC[N+]12CCC(C(C#N)(c3ccccc3)c3ccccc3)(CC1)C2.[Br-]. The molecule has 2 aromatic carbocycles. The van der Waals surface area contributed by atoms with E-state index in [4.69, 9.17) is 0 Å². The highest BCUT2D eigenvalue weighted by atomic mass is 79.9. The Labute approximate surface area is 186 Å². The maximum atomic E-state index is 10.7. The molecule has 0 aliphatic carbocycles. The smallest absolute Gasteiger partial charge is 0.118 e. The summed E-state index contributed by atoms with van der Waals surface area (Å²) in [5.41, 5.74) is 1.86. The second kappa shape index (κ2) is 9.02. The Morgan fingerprint density at radius 2 is 1.45 bits per heavy atom. The van der Waals surface area contributed by atoms with E-state index >= 15 is 0 Å². The van der Waals surface area contributed by atoms with Crippen LogP contribution in [0.1, 0.15) is 56.6 Å². The molecule has 2 aliphatic heterocycles. The van der Waals surface area contributed by atoms with E-state index in [0.717, 1.165) is 19.4 Å². The van der Waals surface area contributed by atoms with E-state index in [2.05, 4.69) is 73.7 Å². The van der Waals surface area contributed by atoms with Crippen LogP contribution in [0.25, 0.3) is 0 Å². The van der Waals surface area contributed by atoms with Gasteiger partial charge in [0.25, 0.3) is 0 Å². The number of hydrogen-bond donors (Lipinski definition) is 0. The Morgan fingerprint density at radius 3 is 1.93 bits per heavy atom. The molecule has 0 spiro atoms. The van der Waals surface area contributed by atoms with Gasteiger partial charge in [-0.25, -0.2) is 0 Å². The van der Waals surface area contributed by atoms with Gasteiger partial charge in [-0.3, -0.25) is 0 Å². The van der Waals surface area contributed by atoms with Crippen molar-refractivity contribution in [3.05, 3.63) is 71.8 Å². The zero-order chi connectivity index (χ0) is 19.5. The highest BCUT2D eigenvalue weighted by molar-refractivity contribution is 5.49. The average molecular weight is 453 g/mol. The maximum absolute atomic E-state index is 10.7. The summed E-state index contributed by atoms with van der Waals surface area (Å²) >= 11 is 0. The van der Waals surface area contributed by atoms with Crippen molar-refractivity contribution >= 4 is 0 Å². The van der Waals surface area contributed by atoms with E-state index in [-0.39, 0.29) is 22.4 Å². The first-order valence-electron chi connectivity index (χ1n) is 11.1. The lowest BCUT2D eigenvalue weighted by atomic mass is 9.56. The molecule has 0 N–H and O–H groups in total. The highest BCUT2D eigenvalue weighted by Crippen LogP contribution is 2.59. The van der Waals surface area contributed by atoms with Crippen LogP contribution in [0, 0.1) is 16.7 Å². The number of unbranched alkanes of at least 4 members (excludes halogenated alkanes) is 3. The third-order valence-corrected chi connectivity index (χ3v) is 7.63. The van der Waals surface area contributed by atoms with E-state index in [1.165, 1.54) is 60.9 Å². The predicted octanol–water partition coefficient (Wildman–Crippen LogP) is 2.69. The monoisotopic (exact) mass is 452 g/mol. The summed E-state index contributed by atoms with van der Waals surface area (Å²) in [4.78, 5) is 0. The largest absolute Gasteiger partial charge is 1.00 e. The topological polar surface area (TPSA) is 23.8 Å². The molecule has 2 saturated heterocycles. The van der Waals surface area contributed by atoms with Crippen molar-refractivity contribution < 1.29 is 21.5 Å². The number of nitriles is 1. The van der Waals surface area contributed by atoms with Crippen LogP contribution in [0.2, 0.25) is 0 Å². The quantitative estimate of drug-likeness (QED) is 0.446. The van der Waals surface area contributed by atoms with E-state index < -0.39 is 5.41 Å². The van der Waals surface area contributed by atoms with E-state index in [9.17, 15) is 5.26 Å². The van der Waals surface area contributed by atoms with Crippen molar-refractivity contribution in [2.24, 2.45) is 5.41 Å². The Hall–Kier alpha value is -1.63. The molecule has 2 aromatic rings. The zero-order valence-corrected chi connectivity index (χ0v) is 19.2. The fraction of sp³-hybridized carbons (Fsp3) is 0.500. The van der Waals surface area contributed by atoms with Crippen LogP contribution < -0.4 is 17.0 Å². The molecule has 0 amide bonds. The molecule has 0 aromatic heterocycles. The Bertz CT molecular complexity index is 777. The van der Waals surface area contributed by atoms with Crippen LogP contribution in [0.4, 0.5) is 0 Å².